The number of hydroxylamine groups is 2. The normalized spacial score (nSPS) is 26.8. The number of ether oxygens (including phenoxy) is 2. The summed E-state index contributed by atoms with van der Waals surface area (Å²) in [6, 6.07) is -11.6. The summed E-state index contributed by atoms with van der Waals surface area (Å²) in [5.74, 6) is -11.8. The maximum Gasteiger partial charge on any atom is 0.246 e. The van der Waals surface area contributed by atoms with Crippen molar-refractivity contribution in [1.82, 2.24) is 54.9 Å². The molecule has 0 aromatic carbocycles. The molecule has 0 aromatic heterocycles. The number of Topliss-reactive ketones (excluding diaryl/α,β-unsaturated/α-hetero) is 2. The Labute approximate surface area is 598 Å². The lowest BCUT2D eigenvalue weighted by Gasteiger charge is -2.41. The molecule has 0 aromatic rings. The highest BCUT2D eigenvalue weighted by Crippen LogP contribution is 2.29. The Morgan fingerprint density at radius 1 is 0.560 bits per heavy atom. The van der Waals surface area contributed by atoms with Gasteiger partial charge in [0.1, 0.15) is 48.3 Å². The fourth-order valence-electron chi connectivity index (χ4n) is 13.4. The van der Waals surface area contributed by atoms with E-state index in [0.29, 0.717) is 19.6 Å². The number of hydrogen-bond donors (Lipinski definition) is 3. The molecule has 10 amide bonds. The van der Waals surface area contributed by atoms with Crippen LogP contribution in [0.25, 0.3) is 0 Å². The number of likely N-dealkylation sites (N-methyl/N-ethyl adjacent to an activating group) is 7. The summed E-state index contributed by atoms with van der Waals surface area (Å²) in [7, 11) is 12.8. The van der Waals surface area contributed by atoms with Gasteiger partial charge in [-0.3, -0.25) is 67.3 Å². The van der Waals surface area contributed by atoms with E-state index in [1.54, 1.807) is 55.4 Å². The smallest absolute Gasteiger partial charge is 0.246 e. The van der Waals surface area contributed by atoms with E-state index in [9.17, 15) is 29.1 Å². The van der Waals surface area contributed by atoms with E-state index in [-0.39, 0.29) is 88.1 Å². The number of morpholine rings is 1. The van der Waals surface area contributed by atoms with E-state index in [2.05, 4.69) is 15.5 Å². The monoisotopic (exact) mass is 1420 g/mol. The summed E-state index contributed by atoms with van der Waals surface area (Å²) in [5.41, 5.74) is 0. The average molecular weight is 1420 g/mol. The Hall–Kier alpha value is -6.16. The summed E-state index contributed by atoms with van der Waals surface area (Å²) in [6.07, 6.45) is -0.998. The molecule has 2 aliphatic rings. The van der Waals surface area contributed by atoms with E-state index in [1.165, 1.54) is 102 Å². The summed E-state index contributed by atoms with van der Waals surface area (Å²) < 4.78 is 11.9. The van der Waals surface area contributed by atoms with Crippen LogP contribution in [0.2, 0.25) is 0 Å². The predicted octanol–water partition coefficient (Wildman–Crippen LogP) is 4.53. The lowest BCUT2D eigenvalue weighted by Crippen LogP contribution is -2.64. The molecule has 2 rings (SSSR count). The summed E-state index contributed by atoms with van der Waals surface area (Å²) in [4.78, 5) is 193. The fourth-order valence-corrected chi connectivity index (χ4v) is 13.4. The molecule has 0 unspecified atom stereocenters. The van der Waals surface area contributed by atoms with Crippen molar-refractivity contribution in [2.24, 2.45) is 47.3 Å². The second-order valence-corrected chi connectivity index (χ2v) is 30.3. The van der Waals surface area contributed by atoms with Crippen LogP contribution in [-0.4, -0.2) is 290 Å². The molecule has 27 heteroatoms. The zero-order valence-corrected chi connectivity index (χ0v) is 65.6. The van der Waals surface area contributed by atoms with Gasteiger partial charge in [-0.1, -0.05) is 90.0 Å². The van der Waals surface area contributed by atoms with Crippen molar-refractivity contribution in [1.29, 1.82) is 0 Å². The van der Waals surface area contributed by atoms with Crippen LogP contribution in [0.4, 0.5) is 0 Å². The van der Waals surface area contributed by atoms with Crippen molar-refractivity contribution in [2.75, 3.05) is 103 Å². The fraction of sp³-hybridized carbons (Fsp3) is 0.836. The predicted molar refractivity (Wildman–Crippen MR) is 382 cm³/mol. The highest BCUT2D eigenvalue weighted by atomic mass is 16.7. The molecule has 574 valence electrons. The van der Waals surface area contributed by atoms with E-state index in [4.69, 9.17) is 14.3 Å². The molecule has 27 nitrogen and oxygen atoms in total. The Morgan fingerprint density at radius 2 is 1.06 bits per heavy atom. The molecule has 2 fully saturated rings. The molecule has 0 radical (unpaired) electrons. The Balaban J connectivity index is 3.04. The summed E-state index contributed by atoms with van der Waals surface area (Å²) in [6.45, 7) is 31.6. The van der Waals surface area contributed by atoms with Crippen molar-refractivity contribution in [3.05, 3.63) is 0 Å². The van der Waals surface area contributed by atoms with Gasteiger partial charge in [-0.2, -0.15) is 0 Å². The van der Waals surface area contributed by atoms with Crippen molar-refractivity contribution in [3.8, 4) is 0 Å². The first-order valence-corrected chi connectivity index (χ1v) is 36.5. The Bertz CT molecular complexity index is 2710. The van der Waals surface area contributed by atoms with Crippen LogP contribution in [0.15, 0.2) is 0 Å². The van der Waals surface area contributed by atoms with Crippen molar-refractivity contribution in [3.63, 3.8) is 0 Å². The molecule has 0 bridgehead atoms. The number of carbonyl (C=O) groups is 12. The zero-order valence-electron chi connectivity index (χ0n) is 65.6. The van der Waals surface area contributed by atoms with Crippen LogP contribution < -0.4 is 10.6 Å². The number of ketones is 2. The van der Waals surface area contributed by atoms with Gasteiger partial charge < -0.3 is 59.5 Å². The SMILES string of the molecule is CC[C@@H]1NC(=O)[C@H]([C@H](O)[C@H](C)CCCC(=O)N(C)OC)N(C)C(=O)[C@H](C(C)C)N(C)C(=O)[C@H](CC(C)C)N(C)C(=O)[C@H](CC(C)C)N(C)C(=O)[C@@H](C)NC(=O)[C@H](C)CC(=O)[C@H](CC(C)C)N(C)C(=O)[C@H](C(C)C)CC(=O)[C@H]([C@@H](C)OCCCCN2CCOCC2)N(C)C(=O)[C@@H](C)N(C)C1=O. The van der Waals surface area contributed by atoms with Crippen LogP contribution >= 0.6 is 0 Å². The molecule has 0 saturated carbocycles. The third kappa shape index (κ3) is 25.7. The largest absolute Gasteiger partial charge is 0.390 e. The number of nitrogens with one attached hydrogen (secondary N) is 2. The third-order valence-electron chi connectivity index (χ3n) is 20.2. The molecular formula is C73H131N11O16. The topological polar surface area (TPSA) is 306 Å². The van der Waals surface area contributed by atoms with E-state index >= 15 is 33.6 Å². The summed E-state index contributed by atoms with van der Waals surface area (Å²) in [5, 5.41) is 19.0. The number of nitrogens with zero attached hydrogens (tertiary/aromatic N) is 9. The molecule has 100 heavy (non-hydrogen) atoms. The van der Waals surface area contributed by atoms with Gasteiger partial charge in [-0.25, -0.2) is 5.06 Å². The van der Waals surface area contributed by atoms with Crippen molar-refractivity contribution >= 4 is 70.6 Å². The minimum atomic E-state index is -1.73. The molecule has 3 N–H and O–H groups in total. The number of aliphatic hydroxyl groups is 1. The molecule has 0 spiro atoms. The van der Waals surface area contributed by atoms with Gasteiger partial charge in [0.15, 0.2) is 11.6 Å². The highest BCUT2D eigenvalue weighted by Gasteiger charge is 2.47. The number of amides is 10. The molecule has 0 aliphatic carbocycles. The molecule has 2 heterocycles. The molecule has 2 aliphatic heterocycles. The lowest BCUT2D eigenvalue weighted by atomic mass is 9.85. The van der Waals surface area contributed by atoms with Gasteiger partial charge in [0.2, 0.25) is 59.1 Å². The van der Waals surface area contributed by atoms with Gasteiger partial charge in [0.05, 0.1) is 38.6 Å². The van der Waals surface area contributed by atoms with Crippen LogP contribution in [0.3, 0.4) is 0 Å². The van der Waals surface area contributed by atoms with E-state index in [0.717, 1.165) is 40.9 Å². The van der Waals surface area contributed by atoms with Gasteiger partial charge in [-0.15, -0.1) is 0 Å². The second kappa shape index (κ2) is 42.4. The van der Waals surface area contributed by atoms with Gasteiger partial charge in [-0.05, 0) is 114 Å². The maximum absolute atomic E-state index is 15.4. The number of hydrogen-bond acceptors (Lipinski definition) is 17. The lowest BCUT2D eigenvalue weighted by molar-refractivity contribution is -0.168. The molecule has 2 saturated heterocycles. The van der Waals surface area contributed by atoms with Crippen molar-refractivity contribution in [2.45, 2.75) is 248 Å². The van der Waals surface area contributed by atoms with E-state index < -0.39 is 161 Å². The van der Waals surface area contributed by atoms with Crippen LogP contribution in [-0.2, 0) is 71.8 Å². The number of unbranched alkanes of at least 4 members (excludes halogenated alkanes) is 1. The zero-order chi connectivity index (χ0) is 76.7. The number of carbonyl (C=O) groups excluding carboxylic acids is 12. The number of aliphatic hydroxyl groups excluding tert-OH is 1. The van der Waals surface area contributed by atoms with Crippen LogP contribution in [0.5, 0.6) is 0 Å². The van der Waals surface area contributed by atoms with Crippen molar-refractivity contribution < 1.29 is 77.0 Å². The quantitative estimate of drug-likeness (QED) is 0.0935. The second-order valence-electron chi connectivity index (χ2n) is 30.3. The molecular weight excluding hydrogens is 1290 g/mol. The van der Waals surface area contributed by atoms with Gasteiger partial charge >= 0.3 is 0 Å². The first-order chi connectivity index (χ1) is 46.5. The van der Waals surface area contributed by atoms with Gasteiger partial charge in [0.25, 0.3) is 0 Å². The summed E-state index contributed by atoms with van der Waals surface area (Å²) >= 11 is 0. The third-order valence-corrected chi connectivity index (χ3v) is 20.2. The first kappa shape index (κ1) is 89.9. The minimum absolute atomic E-state index is 0.0185. The van der Waals surface area contributed by atoms with E-state index in [1.807, 2.05) is 41.5 Å². The van der Waals surface area contributed by atoms with Crippen LogP contribution in [0.1, 0.15) is 181 Å². The first-order valence-electron chi connectivity index (χ1n) is 36.5. The Kier molecular flexibility index (Phi) is 38.2. The Morgan fingerprint density at radius 3 is 1.57 bits per heavy atom. The maximum atomic E-state index is 15.4. The molecule has 14 atom stereocenters. The standard InChI is InChI=1S/C73H131N11O16/c1-26-54-70(94)76(17)51(15)68(92)81(22)62(52(16)100-35-28-27-32-84-33-36-99-37-34-84)59(86)42-53(46(8)9)69(93)77(18)55(38-43(2)3)58(85)41-49(13)65(89)74-50(14)67(91)78(19)56(39-44(4)5)71(95)79(20)57(40-45(6)7)72(96)80(21)61(47(10)11)73(97)82(23)63(66(90)75-54)64(88)48(12)30-29-31-60(87)83(24)98-25/h43-57,61-64,88H,26-42H2,1-25H3,(H,74,89)(H,75,90)/t48-,49-,50-,51-,52-,53+,54+,55+,56+,57+,61+,62+,63+,64-/m1/s1. The van der Waals surface area contributed by atoms with Gasteiger partial charge in [0, 0.05) is 107 Å². The highest BCUT2D eigenvalue weighted by molar-refractivity contribution is 6.00. The average Bonchev–Trinajstić information content (AvgIpc) is 0.805. The van der Waals surface area contributed by atoms with Crippen LogP contribution in [0, 0.1) is 47.3 Å². The number of rotatable bonds is 23. The minimum Gasteiger partial charge on any atom is -0.390 e.